The molecule has 1 aliphatic rings. The summed E-state index contributed by atoms with van der Waals surface area (Å²) in [6, 6.07) is 7.58. The van der Waals surface area contributed by atoms with Crippen LogP contribution in [-0.4, -0.2) is 25.6 Å². The second-order valence-electron chi connectivity index (χ2n) is 7.03. The van der Waals surface area contributed by atoms with E-state index in [-0.39, 0.29) is 17.4 Å². The van der Waals surface area contributed by atoms with E-state index >= 15 is 0 Å². The van der Waals surface area contributed by atoms with Crippen LogP contribution in [-0.2, 0) is 11.3 Å². The van der Waals surface area contributed by atoms with Crippen LogP contribution in [0.4, 0.5) is 0 Å². The number of carbonyl (C=O) groups excluding carboxylic acids is 1. The van der Waals surface area contributed by atoms with Crippen LogP contribution in [0.2, 0.25) is 0 Å². The molecular weight excluding hydrogens is 330 g/mol. The SMILES string of the molecule is Cc1ccc(-c2noc([C@@H](C)NC(=O)C3(Cn4ccnc4)CC3)n2)cc1. The van der Waals surface area contributed by atoms with Crippen LogP contribution in [0.15, 0.2) is 47.5 Å². The molecule has 7 nitrogen and oxygen atoms in total. The molecule has 26 heavy (non-hydrogen) atoms. The van der Waals surface area contributed by atoms with Crippen LogP contribution in [0.3, 0.4) is 0 Å². The highest BCUT2D eigenvalue weighted by atomic mass is 16.5. The summed E-state index contributed by atoms with van der Waals surface area (Å²) in [6.45, 7) is 4.53. The van der Waals surface area contributed by atoms with E-state index < -0.39 is 0 Å². The molecular formula is C19H21N5O2. The lowest BCUT2D eigenvalue weighted by molar-refractivity contribution is -0.127. The number of rotatable bonds is 6. The third-order valence-corrected chi connectivity index (χ3v) is 4.85. The van der Waals surface area contributed by atoms with Gasteiger partial charge >= 0.3 is 0 Å². The summed E-state index contributed by atoms with van der Waals surface area (Å²) in [5.41, 5.74) is 1.71. The lowest BCUT2D eigenvalue weighted by Gasteiger charge is -2.18. The van der Waals surface area contributed by atoms with Crippen molar-refractivity contribution >= 4 is 5.91 Å². The van der Waals surface area contributed by atoms with Crippen molar-refractivity contribution < 1.29 is 9.32 Å². The highest BCUT2D eigenvalue weighted by Gasteiger charge is 2.50. The van der Waals surface area contributed by atoms with E-state index in [1.807, 2.05) is 48.9 Å². The molecule has 2 heterocycles. The number of aryl methyl sites for hydroxylation is 1. The van der Waals surface area contributed by atoms with Crippen molar-refractivity contribution in [1.82, 2.24) is 25.0 Å². The molecule has 1 amide bonds. The molecule has 2 aromatic heterocycles. The molecule has 3 aromatic rings. The van der Waals surface area contributed by atoms with Crippen molar-refractivity contribution in [2.24, 2.45) is 5.41 Å². The van der Waals surface area contributed by atoms with Crippen LogP contribution in [0.25, 0.3) is 11.4 Å². The highest BCUT2D eigenvalue weighted by molar-refractivity contribution is 5.85. The fourth-order valence-corrected chi connectivity index (χ4v) is 2.98. The normalized spacial score (nSPS) is 16.2. The fourth-order valence-electron chi connectivity index (χ4n) is 2.98. The van der Waals surface area contributed by atoms with Crippen molar-refractivity contribution in [2.45, 2.75) is 39.3 Å². The van der Waals surface area contributed by atoms with Crippen molar-refractivity contribution in [2.75, 3.05) is 0 Å². The maximum absolute atomic E-state index is 12.7. The molecule has 7 heteroatoms. The van der Waals surface area contributed by atoms with Crippen LogP contribution < -0.4 is 5.32 Å². The summed E-state index contributed by atoms with van der Waals surface area (Å²) in [5, 5.41) is 7.05. The Kier molecular flexibility index (Phi) is 4.06. The molecule has 1 N–H and O–H groups in total. The average Bonchev–Trinajstić information content (AvgIpc) is 3.02. The first-order chi connectivity index (χ1) is 12.6. The number of benzene rings is 1. The standard InChI is InChI=1S/C19H21N5O2/c1-13-3-5-15(6-4-13)16-22-17(26-23-16)14(2)21-18(25)19(7-8-19)11-24-10-9-20-12-24/h3-6,9-10,12,14H,7-8,11H2,1-2H3,(H,21,25)/t14-/m1/s1. The zero-order valence-electron chi connectivity index (χ0n) is 14.8. The maximum atomic E-state index is 12.7. The summed E-state index contributed by atoms with van der Waals surface area (Å²) in [5.74, 6) is 0.960. The minimum absolute atomic E-state index is 0.0220. The molecule has 0 unspecified atom stereocenters. The Balaban J connectivity index is 1.43. The zero-order chi connectivity index (χ0) is 18.1. The highest BCUT2D eigenvalue weighted by Crippen LogP contribution is 2.47. The number of hydrogen-bond acceptors (Lipinski definition) is 5. The number of amides is 1. The monoisotopic (exact) mass is 351 g/mol. The van der Waals surface area contributed by atoms with Crippen molar-refractivity contribution in [1.29, 1.82) is 0 Å². The van der Waals surface area contributed by atoms with Gasteiger partial charge in [0.2, 0.25) is 17.6 Å². The third kappa shape index (κ3) is 3.24. The van der Waals surface area contributed by atoms with Gasteiger partial charge in [-0.2, -0.15) is 4.98 Å². The van der Waals surface area contributed by atoms with Gasteiger partial charge in [0.1, 0.15) is 6.04 Å². The average molecular weight is 351 g/mol. The Hall–Kier alpha value is -2.96. The van der Waals surface area contributed by atoms with E-state index in [0.29, 0.717) is 18.3 Å². The van der Waals surface area contributed by atoms with Gasteiger partial charge in [0.25, 0.3) is 0 Å². The zero-order valence-corrected chi connectivity index (χ0v) is 14.8. The molecule has 134 valence electrons. The van der Waals surface area contributed by atoms with Gasteiger partial charge < -0.3 is 14.4 Å². The molecule has 1 atom stereocenters. The van der Waals surface area contributed by atoms with E-state index in [1.54, 1.807) is 12.5 Å². The number of hydrogen-bond donors (Lipinski definition) is 1. The molecule has 0 spiro atoms. The lowest BCUT2D eigenvalue weighted by Crippen LogP contribution is -2.36. The molecule has 1 fully saturated rings. The van der Waals surface area contributed by atoms with E-state index in [4.69, 9.17) is 4.52 Å². The molecule has 0 saturated heterocycles. The smallest absolute Gasteiger partial charge is 0.249 e. The second kappa shape index (κ2) is 6.40. The predicted octanol–water partition coefficient (Wildman–Crippen LogP) is 2.90. The minimum atomic E-state index is -0.352. The van der Waals surface area contributed by atoms with Crippen LogP contribution >= 0.6 is 0 Å². The summed E-state index contributed by atoms with van der Waals surface area (Å²) in [7, 11) is 0. The summed E-state index contributed by atoms with van der Waals surface area (Å²) in [6.07, 6.45) is 7.09. The Morgan fingerprint density at radius 3 is 2.77 bits per heavy atom. The molecule has 0 aliphatic heterocycles. The van der Waals surface area contributed by atoms with Gasteiger partial charge in [0.15, 0.2) is 0 Å². The van der Waals surface area contributed by atoms with Gasteiger partial charge in [-0.05, 0) is 26.7 Å². The number of imidazole rings is 1. The first-order valence-corrected chi connectivity index (χ1v) is 8.73. The lowest BCUT2D eigenvalue weighted by atomic mass is 10.1. The van der Waals surface area contributed by atoms with Crippen molar-refractivity contribution in [3.8, 4) is 11.4 Å². The third-order valence-electron chi connectivity index (χ3n) is 4.85. The predicted molar refractivity (Wildman–Crippen MR) is 94.9 cm³/mol. The summed E-state index contributed by atoms with van der Waals surface area (Å²) < 4.78 is 7.30. The first-order valence-electron chi connectivity index (χ1n) is 8.73. The van der Waals surface area contributed by atoms with Crippen molar-refractivity contribution in [3.63, 3.8) is 0 Å². The molecule has 4 rings (SSSR count). The number of carbonyl (C=O) groups is 1. The van der Waals surface area contributed by atoms with Crippen molar-refractivity contribution in [3.05, 3.63) is 54.4 Å². The van der Waals surface area contributed by atoms with Crippen LogP contribution in [0.5, 0.6) is 0 Å². The van der Waals surface area contributed by atoms with Gasteiger partial charge in [-0.25, -0.2) is 4.98 Å². The van der Waals surface area contributed by atoms with E-state index in [9.17, 15) is 4.79 Å². The maximum Gasteiger partial charge on any atom is 0.249 e. The van der Waals surface area contributed by atoms with Gasteiger partial charge in [0, 0.05) is 24.5 Å². The second-order valence-corrected chi connectivity index (χ2v) is 7.03. The van der Waals surface area contributed by atoms with Gasteiger partial charge in [0.05, 0.1) is 11.7 Å². The topological polar surface area (TPSA) is 85.8 Å². The summed E-state index contributed by atoms with van der Waals surface area (Å²) >= 11 is 0. The van der Waals surface area contributed by atoms with E-state index in [1.165, 1.54) is 5.56 Å². The Morgan fingerprint density at radius 1 is 1.35 bits per heavy atom. The van der Waals surface area contributed by atoms with E-state index in [2.05, 4.69) is 20.4 Å². The Labute approximate surface area is 151 Å². The number of nitrogens with zero attached hydrogens (tertiary/aromatic N) is 4. The summed E-state index contributed by atoms with van der Waals surface area (Å²) in [4.78, 5) is 21.2. The van der Waals surface area contributed by atoms with E-state index in [0.717, 1.165) is 18.4 Å². The largest absolute Gasteiger partial charge is 0.344 e. The number of nitrogens with one attached hydrogen (secondary N) is 1. The molecule has 1 saturated carbocycles. The van der Waals surface area contributed by atoms with Gasteiger partial charge in [-0.15, -0.1) is 0 Å². The first kappa shape index (κ1) is 16.5. The van der Waals surface area contributed by atoms with Gasteiger partial charge in [-0.3, -0.25) is 4.79 Å². The quantitative estimate of drug-likeness (QED) is 0.738. The number of aromatic nitrogens is 4. The molecule has 1 aliphatic carbocycles. The Morgan fingerprint density at radius 2 is 2.12 bits per heavy atom. The minimum Gasteiger partial charge on any atom is -0.344 e. The molecule has 0 bridgehead atoms. The molecule has 0 radical (unpaired) electrons. The van der Waals surface area contributed by atoms with Gasteiger partial charge in [-0.1, -0.05) is 35.0 Å². The molecule has 1 aromatic carbocycles. The Bertz CT molecular complexity index is 894. The fraction of sp³-hybridized carbons (Fsp3) is 0.368. The van der Waals surface area contributed by atoms with Crippen LogP contribution in [0, 0.1) is 12.3 Å². The van der Waals surface area contributed by atoms with Crippen LogP contribution in [0.1, 0.15) is 37.3 Å².